The Kier molecular flexibility index (Phi) is 6.70. The molecule has 2 unspecified atom stereocenters. The van der Waals surface area contributed by atoms with Gasteiger partial charge in [-0.1, -0.05) is 40.2 Å². The fraction of sp³-hybridized carbons (Fsp3) is 0.429. The quantitative estimate of drug-likeness (QED) is 0.771. The molecule has 0 radical (unpaired) electrons. The Labute approximate surface area is 163 Å². The van der Waals surface area contributed by atoms with Gasteiger partial charge in [0.2, 0.25) is 0 Å². The summed E-state index contributed by atoms with van der Waals surface area (Å²) in [6.45, 7) is 7.22. The van der Waals surface area contributed by atoms with E-state index in [1.54, 1.807) is 0 Å². The van der Waals surface area contributed by atoms with Gasteiger partial charge in [0.05, 0.1) is 12.7 Å². The first kappa shape index (κ1) is 19.4. The molecule has 1 heterocycles. The van der Waals surface area contributed by atoms with Crippen molar-refractivity contribution in [2.75, 3.05) is 32.8 Å². The fourth-order valence-corrected chi connectivity index (χ4v) is 3.41. The monoisotopic (exact) mass is 419 g/mol. The largest absolute Gasteiger partial charge is 0.491 e. The van der Waals surface area contributed by atoms with Crippen molar-refractivity contribution in [2.45, 2.75) is 26.1 Å². The van der Waals surface area contributed by atoms with Gasteiger partial charge in [-0.3, -0.25) is 4.90 Å². The standard InChI is InChI=1S/C21H26BrNO3/c1-15-3-4-16(2)20(11-15)26-14-19(24)12-23-9-10-25-21(13-23)17-5-7-18(22)8-6-17/h3-8,11,19,21,24H,9-10,12-14H2,1-2H3. The van der Waals surface area contributed by atoms with Gasteiger partial charge in [0.1, 0.15) is 18.5 Å². The smallest absolute Gasteiger partial charge is 0.122 e. The van der Waals surface area contributed by atoms with Crippen LogP contribution in [-0.4, -0.2) is 49.0 Å². The highest BCUT2D eigenvalue weighted by molar-refractivity contribution is 9.10. The molecule has 1 aliphatic rings. The number of hydrogen-bond donors (Lipinski definition) is 1. The fourth-order valence-electron chi connectivity index (χ4n) is 3.15. The molecule has 0 amide bonds. The van der Waals surface area contributed by atoms with Crippen molar-refractivity contribution in [3.8, 4) is 5.75 Å². The number of aliphatic hydroxyl groups excluding tert-OH is 1. The van der Waals surface area contributed by atoms with Crippen molar-refractivity contribution in [1.82, 2.24) is 4.90 Å². The van der Waals surface area contributed by atoms with Crippen molar-refractivity contribution in [3.63, 3.8) is 0 Å². The molecule has 4 nitrogen and oxygen atoms in total. The molecule has 140 valence electrons. The molecule has 5 heteroatoms. The van der Waals surface area contributed by atoms with Gasteiger partial charge in [0.15, 0.2) is 0 Å². The van der Waals surface area contributed by atoms with Crippen LogP contribution in [0.1, 0.15) is 22.8 Å². The van der Waals surface area contributed by atoms with Crippen molar-refractivity contribution in [3.05, 3.63) is 63.6 Å². The Morgan fingerprint density at radius 2 is 2.00 bits per heavy atom. The first-order valence-electron chi connectivity index (χ1n) is 8.99. The van der Waals surface area contributed by atoms with Gasteiger partial charge in [0.25, 0.3) is 0 Å². The first-order chi connectivity index (χ1) is 12.5. The molecule has 1 N–H and O–H groups in total. The summed E-state index contributed by atoms with van der Waals surface area (Å²) < 4.78 is 12.8. The van der Waals surface area contributed by atoms with Gasteiger partial charge < -0.3 is 14.6 Å². The van der Waals surface area contributed by atoms with Crippen LogP contribution in [0.5, 0.6) is 5.75 Å². The second kappa shape index (κ2) is 9.00. The summed E-state index contributed by atoms with van der Waals surface area (Å²) in [5.41, 5.74) is 3.41. The van der Waals surface area contributed by atoms with Crippen LogP contribution in [0.4, 0.5) is 0 Å². The lowest BCUT2D eigenvalue weighted by Crippen LogP contribution is -2.43. The van der Waals surface area contributed by atoms with Crippen molar-refractivity contribution in [2.24, 2.45) is 0 Å². The van der Waals surface area contributed by atoms with Crippen molar-refractivity contribution >= 4 is 15.9 Å². The van der Waals surface area contributed by atoms with E-state index in [1.165, 1.54) is 5.56 Å². The number of morpholine rings is 1. The number of rotatable bonds is 6. The van der Waals surface area contributed by atoms with Gasteiger partial charge in [-0.25, -0.2) is 0 Å². The van der Waals surface area contributed by atoms with Crippen LogP contribution < -0.4 is 4.74 Å². The lowest BCUT2D eigenvalue weighted by atomic mass is 10.1. The highest BCUT2D eigenvalue weighted by Gasteiger charge is 2.23. The van der Waals surface area contributed by atoms with E-state index in [4.69, 9.17) is 9.47 Å². The summed E-state index contributed by atoms with van der Waals surface area (Å²) in [5.74, 6) is 0.846. The number of benzene rings is 2. The van der Waals surface area contributed by atoms with Crippen LogP contribution in [0.3, 0.4) is 0 Å². The molecular formula is C21H26BrNO3. The number of hydrogen-bond acceptors (Lipinski definition) is 4. The summed E-state index contributed by atoms with van der Waals surface area (Å²) >= 11 is 3.46. The summed E-state index contributed by atoms with van der Waals surface area (Å²) in [5, 5.41) is 10.4. The van der Waals surface area contributed by atoms with Gasteiger partial charge in [-0.15, -0.1) is 0 Å². The van der Waals surface area contributed by atoms with E-state index in [0.29, 0.717) is 19.8 Å². The average Bonchev–Trinajstić information content (AvgIpc) is 2.63. The molecule has 0 aliphatic carbocycles. The minimum absolute atomic E-state index is 0.0454. The van der Waals surface area contributed by atoms with Gasteiger partial charge in [-0.05, 0) is 48.7 Å². The molecule has 26 heavy (non-hydrogen) atoms. The van der Waals surface area contributed by atoms with Crippen LogP contribution >= 0.6 is 15.9 Å². The summed E-state index contributed by atoms with van der Waals surface area (Å²) in [6.07, 6.45) is -0.484. The normalized spacial score (nSPS) is 19.3. The van der Waals surface area contributed by atoms with E-state index in [0.717, 1.165) is 34.4 Å². The second-order valence-electron chi connectivity index (χ2n) is 6.90. The average molecular weight is 420 g/mol. The maximum absolute atomic E-state index is 10.4. The van der Waals surface area contributed by atoms with E-state index in [2.05, 4.69) is 39.0 Å². The van der Waals surface area contributed by atoms with Gasteiger partial charge in [-0.2, -0.15) is 0 Å². The maximum Gasteiger partial charge on any atom is 0.122 e. The molecule has 0 bridgehead atoms. The predicted molar refractivity (Wildman–Crippen MR) is 107 cm³/mol. The Balaban J connectivity index is 1.51. The number of ether oxygens (including phenoxy) is 2. The predicted octanol–water partition coefficient (Wildman–Crippen LogP) is 3.88. The number of aliphatic hydroxyl groups is 1. The Bertz CT molecular complexity index is 720. The molecule has 0 aromatic heterocycles. The Morgan fingerprint density at radius 3 is 2.77 bits per heavy atom. The summed E-state index contributed by atoms with van der Waals surface area (Å²) in [6, 6.07) is 14.3. The molecule has 2 atom stereocenters. The number of β-amino-alcohol motifs (C(OH)–C–C–N with tert-alkyl or cyclic N) is 1. The highest BCUT2D eigenvalue weighted by Crippen LogP contribution is 2.24. The van der Waals surface area contributed by atoms with Crippen LogP contribution in [0.2, 0.25) is 0 Å². The topological polar surface area (TPSA) is 41.9 Å². The van der Waals surface area contributed by atoms with E-state index < -0.39 is 6.10 Å². The Hall–Kier alpha value is -1.40. The third-order valence-electron chi connectivity index (χ3n) is 4.64. The van der Waals surface area contributed by atoms with E-state index in [9.17, 15) is 5.11 Å². The van der Waals surface area contributed by atoms with Crippen molar-refractivity contribution in [1.29, 1.82) is 0 Å². The lowest BCUT2D eigenvalue weighted by Gasteiger charge is -2.34. The molecule has 1 saturated heterocycles. The SMILES string of the molecule is Cc1ccc(C)c(OCC(O)CN2CCOC(c3ccc(Br)cc3)C2)c1. The molecule has 0 spiro atoms. The zero-order valence-corrected chi connectivity index (χ0v) is 16.9. The number of halogens is 1. The summed E-state index contributed by atoms with van der Waals surface area (Å²) in [4.78, 5) is 2.24. The minimum atomic E-state index is -0.529. The molecular weight excluding hydrogens is 394 g/mol. The van der Waals surface area contributed by atoms with E-state index in [1.807, 2.05) is 38.1 Å². The van der Waals surface area contributed by atoms with Crippen LogP contribution in [0.15, 0.2) is 46.9 Å². The third-order valence-corrected chi connectivity index (χ3v) is 5.16. The lowest BCUT2D eigenvalue weighted by molar-refractivity contribution is -0.0459. The molecule has 0 saturated carbocycles. The Morgan fingerprint density at radius 1 is 1.23 bits per heavy atom. The van der Waals surface area contributed by atoms with Crippen LogP contribution in [0, 0.1) is 13.8 Å². The van der Waals surface area contributed by atoms with E-state index >= 15 is 0 Å². The molecule has 2 aromatic carbocycles. The zero-order valence-electron chi connectivity index (χ0n) is 15.3. The second-order valence-corrected chi connectivity index (χ2v) is 7.82. The molecule has 3 rings (SSSR count). The molecule has 2 aromatic rings. The van der Waals surface area contributed by atoms with Gasteiger partial charge >= 0.3 is 0 Å². The minimum Gasteiger partial charge on any atom is -0.491 e. The van der Waals surface area contributed by atoms with E-state index in [-0.39, 0.29) is 6.10 Å². The van der Waals surface area contributed by atoms with Gasteiger partial charge in [0, 0.05) is 24.1 Å². The third kappa shape index (κ3) is 5.30. The highest BCUT2D eigenvalue weighted by atomic mass is 79.9. The molecule has 1 aliphatic heterocycles. The van der Waals surface area contributed by atoms with Crippen LogP contribution in [0.25, 0.3) is 0 Å². The van der Waals surface area contributed by atoms with Crippen molar-refractivity contribution < 1.29 is 14.6 Å². The molecule has 1 fully saturated rings. The van der Waals surface area contributed by atoms with Crippen LogP contribution in [-0.2, 0) is 4.74 Å². The maximum atomic E-state index is 10.4. The zero-order chi connectivity index (χ0) is 18.5. The number of aryl methyl sites for hydroxylation is 2. The summed E-state index contributed by atoms with van der Waals surface area (Å²) in [7, 11) is 0. The number of nitrogens with zero attached hydrogens (tertiary/aromatic N) is 1. The first-order valence-corrected chi connectivity index (χ1v) is 9.78.